The normalized spacial score (nSPS) is 11.2. The van der Waals surface area contributed by atoms with E-state index in [1.165, 1.54) is 6.07 Å². The average molecular weight is 592 g/mol. The van der Waals surface area contributed by atoms with Crippen LogP contribution in [0.25, 0.3) is 0 Å². The first-order valence-corrected chi connectivity index (χ1v) is 14.1. The number of urea groups is 1. The van der Waals surface area contributed by atoms with Gasteiger partial charge in [0.05, 0.1) is 12.7 Å². The maximum Gasteiger partial charge on any atom is 0.323 e. The van der Waals surface area contributed by atoms with Gasteiger partial charge in [-0.1, -0.05) is 31.0 Å². The van der Waals surface area contributed by atoms with Crippen LogP contribution in [-0.2, 0) is 27.4 Å². The van der Waals surface area contributed by atoms with E-state index in [1.807, 2.05) is 18.2 Å². The predicted molar refractivity (Wildman–Crippen MR) is 158 cm³/mol. The number of hydrogen-bond donors (Lipinski definition) is 8. The van der Waals surface area contributed by atoms with Gasteiger partial charge in [-0.2, -0.15) is 0 Å². The van der Waals surface area contributed by atoms with Gasteiger partial charge in [0.15, 0.2) is 0 Å². The minimum atomic E-state index is -1.09. The van der Waals surface area contributed by atoms with Crippen LogP contribution in [0.15, 0.2) is 42.5 Å². The van der Waals surface area contributed by atoms with Crippen LogP contribution >= 0.6 is 0 Å². The number of amides is 2. The number of nitrogens with one attached hydrogen (secondary N) is 3. The van der Waals surface area contributed by atoms with Crippen LogP contribution in [0, 0.1) is 0 Å². The van der Waals surface area contributed by atoms with Gasteiger partial charge in [0.1, 0.15) is 12.3 Å². The molecule has 0 spiro atoms. The Hall–Kier alpha value is -3.71. The van der Waals surface area contributed by atoms with Crippen molar-refractivity contribution in [3.63, 3.8) is 0 Å². The van der Waals surface area contributed by atoms with Crippen LogP contribution in [0.3, 0.4) is 0 Å². The highest BCUT2D eigenvalue weighted by molar-refractivity contribution is 5.91. The Kier molecular flexibility index (Phi) is 19.0. The zero-order valence-corrected chi connectivity index (χ0v) is 24.2. The number of aromatic hydroxyl groups is 1. The maximum atomic E-state index is 11.7. The Morgan fingerprint density at radius 3 is 2.31 bits per heavy atom. The third-order valence-corrected chi connectivity index (χ3v) is 5.98. The number of aliphatic hydroxyl groups is 2. The Morgan fingerprint density at radius 2 is 1.62 bits per heavy atom. The van der Waals surface area contributed by atoms with E-state index in [0.29, 0.717) is 30.0 Å². The highest BCUT2D eigenvalue weighted by atomic mass is 16.5. The number of phenols is 1. The van der Waals surface area contributed by atoms with Crippen molar-refractivity contribution in [3.05, 3.63) is 59.2 Å². The minimum absolute atomic E-state index is 0.0286. The van der Waals surface area contributed by atoms with E-state index in [1.54, 1.807) is 18.2 Å². The summed E-state index contributed by atoms with van der Waals surface area (Å²) in [5, 5.41) is 53.3. The van der Waals surface area contributed by atoms with Gasteiger partial charge in [-0.25, -0.2) is 4.79 Å². The highest BCUT2D eigenvalue weighted by Gasteiger charge is 2.10. The van der Waals surface area contributed by atoms with Crippen molar-refractivity contribution in [2.75, 3.05) is 38.2 Å². The molecule has 0 aliphatic heterocycles. The summed E-state index contributed by atoms with van der Waals surface area (Å²) in [6.45, 7) is 3.08. The van der Waals surface area contributed by atoms with Crippen LogP contribution in [-0.4, -0.2) is 76.4 Å². The number of carbonyl (C=O) groups excluding carboxylic acids is 1. The highest BCUT2D eigenvalue weighted by Crippen LogP contribution is 2.22. The van der Waals surface area contributed by atoms with Crippen molar-refractivity contribution in [1.82, 2.24) is 10.6 Å². The van der Waals surface area contributed by atoms with E-state index in [-0.39, 0.29) is 12.4 Å². The summed E-state index contributed by atoms with van der Waals surface area (Å²) in [6, 6.07) is 11.7. The Morgan fingerprint density at radius 1 is 0.929 bits per heavy atom. The fraction of sp³-hybridized carbons (Fsp3) is 0.500. The maximum absolute atomic E-state index is 11.7. The first kappa shape index (κ1) is 36.3. The quantitative estimate of drug-likeness (QED) is 0.112. The number of aliphatic carboxylic acids is 2. The van der Waals surface area contributed by atoms with Crippen LogP contribution in [0.5, 0.6) is 5.75 Å². The molecule has 0 unspecified atom stereocenters. The van der Waals surface area contributed by atoms with Crippen molar-refractivity contribution < 1.29 is 44.7 Å². The monoisotopic (exact) mass is 591 g/mol. The molecule has 2 amide bonds. The molecule has 0 bridgehead atoms. The van der Waals surface area contributed by atoms with Crippen molar-refractivity contribution in [1.29, 1.82) is 0 Å². The molecule has 12 nitrogen and oxygen atoms in total. The van der Waals surface area contributed by atoms with Crippen molar-refractivity contribution in [3.8, 4) is 5.75 Å². The van der Waals surface area contributed by atoms with Crippen LogP contribution in [0.1, 0.15) is 68.2 Å². The topological polar surface area (TPSA) is 198 Å². The lowest BCUT2D eigenvalue weighted by molar-refractivity contribution is -0.136. The second kappa shape index (κ2) is 22.0. The van der Waals surface area contributed by atoms with Gasteiger partial charge in [0.25, 0.3) is 5.97 Å². The van der Waals surface area contributed by atoms with Crippen molar-refractivity contribution in [2.24, 2.45) is 0 Å². The second-order valence-corrected chi connectivity index (χ2v) is 9.67. The van der Waals surface area contributed by atoms with Crippen molar-refractivity contribution in [2.45, 2.75) is 64.6 Å². The molecule has 0 aromatic heterocycles. The molecule has 0 aliphatic rings. The molecule has 0 heterocycles. The fourth-order valence-corrected chi connectivity index (χ4v) is 3.87. The molecule has 2 rings (SSSR count). The first-order chi connectivity index (χ1) is 20.1. The number of benzene rings is 2. The zero-order chi connectivity index (χ0) is 31.2. The van der Waals surface area contributed by atoms with Gasteiger partial charge in [-0.3, -0.25) is 9.59 Å². The molecule has 0 saturated carbocycles. The van der Waals surface area contributed by atoms with Gasteiger partial charge in [0, 0.05) is 37.9 Å². The summed E-state index contributed by atoms with van der Waals surface area (Å²) < 4.78 is 5.73. The Bertz CT molecular complexity index is 1080. The van der Waals surface area contributed by atoms with Gasteiger partial charge in [0.2, 0.25) is 0 Å². The lowest BCUT2D eigenvalue weighted by atomic mass is 10.1. The van der Waals surface area contributed by atoms with Crippen molar-refractivity contribution >= 4 is 23.7 Å². The van der Waals surface area contributed by atoms with E-state index >= 15 is 0 Å². The minimum Gasteiger partial charge on any atom is -0.508 e. The molecular weight excluding hydrogens is 546 g/mol. The van der Waals surface area contributed by atoms with Crippen LogP contribution < -0.4 is 16.0 Å². The number of carboxylic acids is 2. The average Bonchev–Trinajstić information content (AvgIpc) is 2.94. The second-order valence-electron chi connectivity index (χ2n) is 9.67. The number of rotatable bonds is 19. The number of unbranched alkanes of at least 4 members (excludes halogenated alkanes) is 4. The zero-order valence-electron chi connectivity index (χ0n) is 24.2. The molecule has 42 heavy (non-hydrogen) atoms. The number of aryl methyl sites for hydroxylation is 1. The molecule has 2 aromatic rings. The standard InChI is InChI=1S/C28H41N3O7.C2H4O2/c32-20-23-17-22(11-12-25(23)33)26(34)18-29-13-4-1-2-5-14-38-15-6-3-8-21-9-7-10-24(16-21)31-28(37)30-19-27(35)36;1-2(3)4/h7,9-12,16-17,26,29,32-34H,1-6,8,13-15,18-20H2,(H,35,36)(H2,30,31,37);1H3,(H,3,4)/t26-;/m0./s1. The van der Waals surface area contributed by atoms with Gasteiger partial charge >= 0.3 is 12.0 Å². The summed E-state index contributed by atoms with van der Waals surface area (Å²) >= 11 is 0. The van der Waals surface area contributed by atoms with Gasteiger partial charge < -0.3 is 46.2 Å². The molecule has 8 N–H and O–H groups in total. The Balaban J connectivity index is 0.00000206. The molecule has 2 aromatic carbocycles. The van der Waals surface area contributed by atoms with E-state index in [2.05, 4.69) is 16.0 Å². The Labute approximate surface area is 246 Å². The van der Waals surface area contributed by atoms with Gasteiger partial charge in [-0.05, 0) is 74.0 Å². The molecule has 0 aliphatic carbocycles. The predicted octanol–water partition coefficient (Wildman–Crippen LogP) is 3.40. The third kappa shape index (κ3) is 17.9. The molecule has 12 heteroatoms. The summed E-state index contributed by atoms with van der Waals surface area (Å²) in [7, 11) is 0. The summed E-state index contributed by atoms with van der Waals surface area (Å²) in [4.78, 5) is 31.2. The van der Waals surface area contributed by atoms with Gasteiger partial charge in [-0.15, -0.1) is 0 Å². The lowest BCUT2D eigenvalue weighted by Gasteiger charge is -2.14. The number of aliphatic hydroxyl groups excluding tert-OH is 2. The van der Waals surface area contributed by atoms with E-state index < -0.39 is 30.6 Å². The molecule has 0 saturated heterocycles. The number of anilines is 1. The van der Waals surface area contributed by atoms with E-state index in [4.69, 9.17) is 19.7 Å². The van der Waals surface area contributed by atoms with E-state index in [9.17, 15) is 24.9 Å². The number of ether oxygens (including phenoxy) is 1. The van der Waals surface area contributed by atoms with E-state index in [0.717, 1.165) is 70.6 Å². The number of hydrogen-bond acceptors (Lipinski definition) is 8. The number of carboxylic acid groups (broad SMARTS) is 2. The summed E-state index contributed by atoms with van der Waals surface area (Å²) in [5.41, 5.74) is 2.80. The lowest BCUT2D eigenvalue weighted by Crippen LogP contribution is -2.33. The smallest absolute Gasteiger partial charge is 0.323 e. The molecular formula is C30H45N3O9. The van der Waals surface area contributed by atoms with Crippen LogP contribution in [0.2, 0.25) is 0 Å². The summed E-state index contributed by atoms with van der Waals surface area (Å²) in [6.07, 6.45) is 6.29. The fourth-order valence-electron chi connectivity index (χ4n) is 3.87. The van der Waals surface area contributed by atoms with Crippen LogP contribution in [0.4, 0.5) is 10.5 Å². The molecule has 0 fully saturated rings. The molecule has 0 radical (unpaired) electrons. The first-order valence-electron chi connectivity index (χ1n) is 14.1. The SMILES string of the molecule is CC(=O)O.O=C(O)CNC(=O)Nc1cccc(CCCCOCCCCCCNC[C@H](O)c2ccc(O)c(CO)c2)c1. The number of carbonyl (C=O) groups is 3. The summed E-state index contributed by atoms with van der Waals surface area (Å²) in [5.74, 6) is -1.90. The molecule has 1 atom stereocenters. The third-order valence-electron chi connectivity index (χ3n) is 5.98. The largest absolute Gasteiger partial charge is 0.508 e. The molecule has 234 valence electrons.